The van der Waals surface area contributed by atoms with Gasteiger partial charge in [0.2, 0.25) is 0 Å². The third-order valence-corrected chi connectivity index (χ3v) is 4.60. The van der Waals surface area contributed by atoms with Crippen molar-refractivity contribution in [3.63, 3.8) is 0 Å². The number of nitrogens with zero attached hydrogens (tertiary/aromatic N) is 2. The normalized spacial score (nSPS) is 26.1. The highest BCUT2D eigenvalue weighted by molar-refractivity contribution is 5.99. The molecule has 2 saturated heterocycles. The van der Waals surface area contributed by atoms with Gasteiger partial charge in [0.15, 0.2) is 5.78 Å². The molecule has 19 heavy (non-hydrogen) atoms. The van der Waals surface area contributed by atoms with Gasteiger partial charge in [-0.2, -0.15) is 0 Å². The quantitative estimate of drug-likeness (QED) is 0.775. The van der Waals surface area contributed by atoms with Crippen molar-refractivity contribution in [2.75, 3.05) is 26.2 Å². The zero-order valence-electron chi connectivity index (χ0n) is 11.6. The van der Waals surface area contributed by atoms with E-state index in [1.807, 2.05) is 30.3 Å². The van der Waals surface area contributed by atoms with Crippen LogP contribution >= 0.6 is 0 Å². The maximum absolute atomic E-state index is 12.5. The van der Waals surface area contributed by atoms with E-state index in [9.17, 15) is 4.79 Å². The first-order valence-corrected chi connectivity index (χ1v) is 7.33. The van der Waals surface area contributed by atoms with E-state index < -0.39 is 0 Å². The van der Waals surface area contributed by atoms with Crippen molar-refractivity contribution in [1.82, 2.24) is 9.80 Å². The van der Waals surface area contributed by atoms with Crippen molar-refractivity contribution >= 4 is 5.78 Å². The first kappa shape index (κ1) is 12.8. The van der Waals surface area contributed by atoms with Crippen LogP contribution in [0.5, 0.6) is 0 Å². The summed E-state index contributed by atoms with van der Waals surface area (Å²) in [5.74, 6) is 0.257. The van der Waals surface area contributed by atoms with Crippen LogP contribution in [0.4, 0.5) is 0 Å². The third-order valence-electron chi connectivity index (χ3n) is 4.60. The number of rotatable bonds is 3. The zero-order chi connectivity index (χ0) is 13.2. The minimum atomic E-state index is 0.00477. The summed E-state index contributed by atoms with van der Waals surface area (Å²) in [6.45, 7) is 6.51. The van der Waals surface area contributed by atoms with Crippen LogP contribution in [0.15, 0.2) is 30.3 Å². The lowest BCUT2D eigenvalue weighted by molar-refractivity contribution is 0.0602. The number of carbonyl (C=O) groups excluding carboxylic acids is 1. The van der Waals surface area contributed by atoms with E-state index in [0.717, 1.165) is 25.2 Å². The highest BCUT2D eigenvalue weighted by Crippen LogP contribution is 2.23. The minimum absolute atomic E-state index is 0.00477. The molecule has 1 aromatic carbocycles. The van der Waals surface area contributed by atoms with Gasteiger partial charge in [0.05, 0.1) is 6.04 Å². The lowest BCUT2D eigenvalue weighted by Gasteiger charge is -2.40. The van der Waals surface area contributed by atoms with Gasteiger partial charge in [-0.05, 0) is 26.3 Å². The van der Waals surface area contributed by atoms with Crippen LogP contribution in [-0.2, 0) is 0 Å². The Kier molecular flexibility index (Phi) is 3.67. The van der Waals surface area contributed by atoms with Gasteiger partial charge in [0.1, 0.15) is 0 Å². The Morgan fingerprint density at radius 1 is 1.21 bits per heavy atom. The highest BCUT2D eigenvalue weighted by Gasteiger charge is 2.34. The summed E-state index contributed by atoms with van der Waals surface area (Å²) in [6.07, 6.45) is 2.61. The molecule has 0 radical (unpaired) electrons. The van der Waals surface area contributed by atoms with Gasteiger partial charge in [-0.15, -0.1) is 0 Å². The molecule has 2 atom stereocenters. The van der Waals surface area contributed by atoms with E-state index in [4.69, 9.17) is 0 Å². The van der Waals surface area contributed by atoms with E-state index in [0.29, 0.717) is 6.04 Å². The molecule has 0 bridgehead atoms. The number of hydrogen-bond acceptors (Lipinski definition) is 3. The standard InChI is InChI=1S/C16H22N2O/c1-13(16(19)14-6-3-2-4-7-14)18-11-10-17-9-5-8-15(17)12-18/h2-4,6-7,13,15H,5,8-12H2,1H3. The van der Waals surface area contributed by atoms with Gasteiger partial charge in [-0.3, -0.25) is 14.6 Å². The topological polar surface area (TPSA) is 23.6 Å². The Morgan fingerprint density at radius 2 is 2.00 bits per heavy atom. The van der Waals surface area contributed by atoms with E-state index in [1.54, 1.807) is 0 Å². The second-order valence-electron chi connectivity index (χ2n) is 5.73. The lowest BCUT2D eigenvalue weighted by atomic mass is 10.0. The fraction of sp³-hybridized carbons (Fsp3) is 0.562. The summed E-state index contributed by atoms with van der Waals surface area (Å²) >= 11 is 0. The number of ketones is 1. The molecule has 3 nitrogen and oxygen atoms in total. The number of benzene rings is 1. The van der Waals surface area contributed by atoms with Crippen LogP contribution in [0.2, 0.25) is 0 Å². The average Bonchev–Trinajstić information content (AvgIpc) is 2.94. The van der Waals surface area contributed by atoms with E-state index in [-0.39, 0.29) is 11.8 Å². The molecule has 2 aliphatic rings. The molecule has 2 aliphatic heterocycles. The van der Waals surface area contributed by atoms with Gasteiger partial charge in [0, 0.05) is 31.2 Å². The molecular formula is C16H22N2O. The first-order valence-electron chi connectivity index (χ1n) is 7.33. The number of fused-ring (bicyclic) bond motifs is 1. The average molecular weight is 258 g/mol. The Hall–Kier alpha value is -1.19. The molecule has 2 unspecified atom stereocenters. The molecule has 0 N–H and O–H groups in total. The maximum atomic E-state index is 12.5. The molecule has 0 aromatic heterocycles. The van der Waals surface area contributed by atoms with Gasteiger partial charge in [-0.1, -0.05) is 30.3 Å². The third kappa shape index (κ3) is 2.58. The molecular weight excluding hydrogens is 236 g/mol. The number of piperazine rings is 1. The van der Waals surface area contributed by atoms with Crippen LogP contribution in [0, 0.1) is 0 Å². The number of hydrogen-bond donors (Lipinski definition) is 0. The van der Waals surface area contributed by atoms with E-state index >= 15 is 0 Å². The molecule has 0 amide bonds. The smallest absolute Gasteiger partial charge is 0.179 e. The molecule has 3 rings (SSSR count). The minimum Gasteiger partial charge on any atom is -0.298 e. The largest absolute Gasteiger partial charge is 0.298 e. The van der Waals surface area contributed by atoms with Crippen molar-refractivity contribution in [2.24, 2.45) is 0 Å². The molecule has 2 fully saturated rings. The predicted octanol–water partition coefficient (Wildman–Crippen LogP) is 2.04. The summed E-state index contributed by atoms with van der Waals surface area (Å²) in [5, 5.41) is 0. The van der Waals surface area contributed by atoms with Gasteiger partial charge >= 0.3 is 0 Å². The van der Waals surface area contributed by atoms with Crippen LogP contribution in [-0.4, -0.2) is 53.8 Å². The van der Waals surface area contributed by atoms with Crippen molar-refractivity contribution in [3.8, 4) is 0 Å². The first-order chi connectivity index (χ1) is 9.25. The van der Waals surface area contributed by atoms with Crippen LogP contribution in [0.25, 0.3) is 0 Å². The SMILES string of the molecule is CC(C(=O)c1ccccc1)N1CCN2CCCC2C1. The van der Waals surface area contributed by atoms with Crippen LogP contribution in [0.1, 0.15) is 30.1 Å². The summed E-state index contributed by atoms with van der Waals surface area (Å²) in [4.78, 5) is 17.4. The monoisotopic (exact) mass is 258 g/mol. The summed E-state index contributed by atoms with van der Waals surface area (Å²) < 4.78 is 0. The summed E-state index contributed by atoms with van der Waals surface area (Å²) in [5.41, 5.74) is 0.837. The highest BCUT2D eigenvalue weighted by atomic mass is 16.1. The zero-order valence-corrected chi connectivity index (χ0v) is 11.6. The molecule has 1 aromatic rings. The summed E-state index contributed by atoms with van der Waals surface area (Å²) in [6, 6.07) is 10.4. The molecule has 3 heteroatoms. The fourth-order valence-electron chi connectivity index (χ4n) is 3.38. The Labute approximate surface area is 115 Å². The van der Waals surface area contributed by atoms with Gasteiger partial charge in [0.25, 0.3) is 0 Å². The molecule has 0 spiro atoms. The lowest BCUT2D eigenvalue weighted by Crippen LogP contribution is -2.54. The fourth-order valence-corrected chi connectivity index (χ4v) is 3.38. The van der Waals surface area contributed by atoms with Crippen molar-refractivity contribution in [1.29, 1.82) is 0 Å². The molecule has 2 heterocycles. The van der Waals surface area contributed by atoms with Crippen molar-refractivity contribution in [2.45, 2.75) is 31.8 Å². The number of carbonyl (C=O) groups is 1. The Balaban J connectivity index is 1.67. The maximum Gasteiger partial charge on any atom is 0.179 e. The van der Waals surface area contributed by atoms with E-state index in [2.05, 4.69) is 16.7 Å². The Bertz CT molecular complexity index is 445. The second kappa shape index (κ2) is 5.43. The Morgan fingerprint density at radius 3 is 2.79 bits per heavy atom. The predicted molar refractivity (Wildman–Crippen MR) is 76.4 cm³/mol. The van der Waals surface area contributed by atoms with Crippen molar-refractivity contribution < 1.29 is 4.79 Å². The van der Waals surface area contributed by atoms with Crippen molar-refractivity contribution in [3.05, 3.63) is 35.9 Å². The van der Waals surface area contributed by atoms with Gasteiger partial charge < -0.3 is 0 Å². The van der Waals surface area contributed by atoms with Crippen LogP contribution < -0.4 is 0 Å². The molecule has 102 valence electrons. The van der Waals surface area contributed by atoms with Gasteiger partial charge in [-0.25, -0.2) is 0 Å². The summed E-state index contributed by atoms with van der Waals surface area (Å²) in [7, 11) is 0. The molecule has 0 saturated carbocycles. The van der Waals surface area contributed by atoms with E-state index in [1.165, 1.54) is 19.4 Å². The number of Topliss-reactive ketones (excluding diaryl/α,β-unsaturated/α-hetero) is 1. The van der Waals surface area contributed by atoms with Crippen LogP contribution in [0.3, 0.4) is 0 Å². The second-order valence-corrected chi connectivity index (χ2v) is 5.73. The molecule has 0 aliphatic carbocycles.